The number of aliphatic hydroxyl groups excluding tert-OH is 1. The van der Waals surface area contributed by atoms with Gasteiger partial charge in [-0.2, -0.15) is 0 Å². The monoisotopic (exact) mass is 374 g/mol. The van der Waals surface area contributed by atoms with Gasteiger partial charge in [0.05, 0.1) is 26.4 Å². The second-order valence-corrected chi connectivity index (χ2v) is 5.43. The summed E-state index contributed by atoms with van der Waals surface area (Å²) in [5, 5.41) is 14.3. The number of benzene rings is 2. The number of methoxy groups -OCH3 is 2. The average molecular weight is 374 g/mol. The van der Waals surface area contributed by atoms with Crippen molar-refractivity contribution < 1.29 is 28.9 Å². The van der Waals surface area contributed by atoms with Crippen LogP contribution in [0.5, 0.6) is 11.5 Å². The second kappa shape index (κ2) is 10.0. The molecule has 0 saturated heterocycles. The summed E-state index contributed by atoms with van der Waals surface area (Å²) < 4.78 is 15.2. The molecule has 0 aliphatic heterocycles. The van der Waals surface area contributed by atoms with E-state index in [0.29, 0.717) is 22.7 Å². The SMILES string of the molecule is COC(=O)c1ccc(CNC(=O)Nc2ccc(OC)c(OCCO)c2)cc1. The summed E-state index contributed by atoms with van der Waals surface area (Å²) in [5.74, 6) is 0.508. The van der Waals surface area contributed by atoms with Crippen LogP contribution in [0.4, 0.5) is 10.5 Å². The van der Waals surface area contributed by atoms with Crippen LogP contribution in [0.25, 0.3) is 0 Å². The zero-order valence-corrected chi connectivity index (χ0v) is 15.2. The number of carbonyl (C=O) groups is 2. The van der Waals surface area contributed by atoms with Gasteiger partial charge in [0.1, 0.15) is 6.61 Å². The van der Waals surface area contributed by atoms with Gasteiger partial charge in [0.15, 0.2) is 11.5 Å². The molecule has 0 saturated carbocycles. The van der Waals surface area contributed by atoms with E-state index in [-0.39, 0.29) is 19.8 Å². The van der Waals surface area contributed by atoms with Gasteiger partial charge in [0.2, 0.25) is 0 Å². The molecule has 0 atom stereocenters. The Morgan fingerprint density at radius 2 is 1.78 bits per heavy atom. The Morgan fingerprint density at radius 3 is 2.41 bits per heavy atom. The maximum Gasteiger partial charge on any atom is 0.337 e. The molecule has 8 heteroatoms. The van der Waals surface area contributed by atoms with Gasteiger partial charge in [-0.1, -0.05) is 12.1 Å². The third-order valence-corrected chi connectivity index (χ3v) is 3.60. The molecule has 2 rings (SSSR count). The lowest BCUT2D eigenvalue weighted by Gasteiger charge is -2.13. The summed E-state index contributed by atoms with van der Waals surface area (Å²) in [6, 6.07) is 11.3. The van der Waals surface area contributed by atoms with E-state index in [1.54, 1.807) is 42.5 Å². The molecule has 0 bridgehead atoms. The van der Waals surface area contributed by atoms with Crippen molar-refractivity contribution in [3.8, 4) is 11.5 Å². The molecule has 0 fully saturated rings. The molecule has 0 aliphatic carbocycles. The summed E-state index contributed by atoms with van der Waals surface area (Å²) in [7, 11) is 2.83. The van der Waals surface area contributed by atoms with Crippen molar-refractivity contribution >= 4 is 17.7 Å². The second-order valence-electron chi connectivity index (χ2n) is 5.43. The van der Waals surface area contributed by atoms with Crippen LogP contribution in [0.15, 0.2) is 42.5 Å². The summed E-state index contributed by atoms with van der Waals surface area (Å²) in [6.45, 7) is 0.279. The first-order chi connectivity index (χ1) is 13.1. The Labute approximate surface area is 157 Å². The van der Waals surface area contributed by atoms with Crippen LogP contribution in [0.3, 0.4) is 0 Å². The highest BCUT2D eigenvalue weighted by Crippen LogP contribution is 2.30. The number of aliphatic hydroxyl groups is 1. The third kappa shape index (κ3) is 5.89. The highest BCUT2D eigenvalue weighted by molar-refractivity contribution is 5.90. The largest absolute Gasteiger partial charge is 0.493 e. The van der Waals surface area contributed by atoms with Gasteiger partial charge in [0, 0.05) is 18.3 Å². The fourth-order valence-corrected chi connectivity index (χ4v) is 2.26. The molecular weight excluding hydrogens is 352 g/mol. The Bertz CT molecular complexity index is 776. The molecule has 8 nitrogen and oxygen atoms in total. The predicted molar refractivity (Wildman–Crippen MR) is 99.2 cm³/mol. The fraction of sp³-hybridized carbons (Fsp3) is 0.263. The Morgan fingerprint density at radius 1 is 1.04 bits per heavy atom. The molecule has 2 aromatic rings. The van der Waals surface area contributed by atoms with Crippen molar-refractivity contribution in [3.05, 3.63) is 53.6 Å². The number of hydrogen-bond donors (Lipinski definition) is 3. The Balaban J connectivity index is 1.92. The molecule has 144 valence electrons. The Hall–Kier alpha value is -3.26. The van der Waals surface area contributed by atoms with E-state index < -0.39 is 12.0 Å². The molecule has 27 heavy (non-hydrogen) atoms. The van der Waals surface area contributed by atoms with Crippen molar-refractivity contribution in [2.45, 2.75) is 6.54 Å². The Kier molecular flexibility index (Phi) is 7.45. The number of urea groups is 1. The minimum atomic E-state index is -0.411. The van der Waals surface area contributed by atoms with E-state index in [9.17, 15) is 9.59 Å². The van der Waals surface area contributed by atoms with Crippen LogP contribution in [-0.2, 0) is 11.3 Å². The van der Waals surface area contributed by atoms with E-state index >= 15 is 0 Å². The van der Waals surface area contributed by atoms with Crippen LogP contribution in [-0.4, -0.2) is 44.5 Å². The lowest BCUT2D eigenvalue weighted by Crippen LogP contribution is -2.28. The van der Waals surface area contributed by atoms with E-state index in [1.807, 2.05) is 0 Å². The van der Waals surface area contributed by atoms with Gasteiger partial charge in [-0.15, -0.1) is 0 Å². The summed E-state index contributed by atoms with van der Waals surface area (Å²) in [6.07, 6.45) is 0. The topological polar surface area (TPSA) is 106 Å². The van der Waals surface area contributed by atoms with Crippen LogP contribution in [0.2, 0.25) is 0 Å². The van der Waals surface area contributed by atoms with Gasteiger partial charge in [-0.3, -0.25) is 0 Å². The number of esters is 1. The van der Waals surface area contributed by atoms with Crippen LogP contribution >= 0.6 is 0 Å². The average Bonchev–Trinajstić information content (AvgIpc) is 2.70. The van der Waals surface area contributed by atoms with E-state index in [2.05, 4.69) is 15.4 Å². The molecule has 0 spiro atoms. The number of hydrogen-bond acceptors (Lipinski definition) is 6. The number of amides is 2. The van der Waals surface area contributed by atoms with E-state index in [4.69, 9.17) is 14.6 Å². The molecule has 0 aromatic heterocycles. The number of ether oxygens (including phenoxy) is 3. The zero-order chi connectivity index (χ0) is 19.6. The molecule has 0 radical (unpaired) electrons. The zero-order valence-electron chi connectivity index (χ0n) is 15.2. The highest BCUT2D eigenvalue weighted by Gasteiger charge is 2.09. The summed E-state index contributed by atoms with van der Waals surface area (Å²) >= 11 is 0. The molecule has 0 heterocycles. The smallest absolute Gasteiger partial charge is 0.337 e. The first-order valence-corrected chi connectivity index (χ1v) is 8.21. The summed E-state index contributed by atoms with van der Waals surface area (Å²) in [4.78, 5) is 23.5. The minimum absolute atomic E-state index is 0.119. The fourth-order valence-electron chi connectivity index (χ4n) is 2.26. The third-order valence-electron chi connectivity index (χ3n) is 3.60. The lowest BCUT2D eigenvalue weighted by atomic mass is 10.1. The number of nitrogens with one attached hydrogen (secondary N) is 2. The van der Waals surface area contributed by atoms with Gasteiger partial charge in [0.25, 0.3) is 0 Å². The van der Waals surface area contributed by atoms with Crippen molar-refractivity contribution in [1.82, 2.24) is 5.32 Å². The van der Waals surface area contributed by atoms with Crippen molar-refractivity contribution in [1.29, 1.82) is 0 Å². The van der Waals surface area contributed by atoms with Crippen LogP contribution in [0, 0.1) is 0 Å². The van der Waals surface area contributed by atoms with Gasteiger partial charge >= 0.3 is 12.0 Å². The van der Waals surface area contributed by atoms with Gasteiger partial charge in [-0.25, -0.2) is 9.59 Å². The normalized spacial score (nSPS) is 10.0. The summed E-state index contributed by atoms with van der Waals surface area (Å²) in [5.41, 5.74) is 1.79. The quantitative estimate of drug-likeness (QED) is 0.612. The first-order valence-electron chi connectivity index (χ1n) is 8.21. The standard InChI is InChI=1S/C19H22N2O6/c1-25-16-8-7-15(11-17(16)27-10-9-22)21-19(24)20-12-13-3-5-14(6-4-13)18(23)26-2/h3-8,11,22H,9-10,12H2,1-2H3,(H2,20,21,24). The predicted octanol–water partition coefficient (Wildman–Crippen LogP) is 2.17. The number of carbonyl (C=O) groups excluding carboxylic acids is 2. The highest BCUT2D eigenvalue weighted by atomic mass is 16.5. The number of rotatable bonds is 8. The lowest BCUT2D eigenvalue weighted by molar-refractivity contribution is 0.0600. The van der Waals surface area contributed by atoms with Crippen LogP contribution < -0.4 is 20.1 Å². The molecule has 3 N–H and O–H groups in total. The molecular formula is C19H22N2O6. The molecule has 2 amide bonds. The first kappa shape index (κ1) is 20.1. The van der Waals surface area contributed by atoms with Gasteiger partial charge < -0.3 is 30.0 Å². The molecule has 0 aliphatic rings. The van der Waals surface area contributed by atoms with Crippen LogP contribution in [0.1, 0.15) is 15.9 Å². The van der Waals surface area contributed by atoms with Gasteiger partial charge in [-0.05, 0) is 29.8 Å². The molecule has 2 aromatic carbocycles. The maximum absolute atomic E-state index is 12.1. The van der Waals surface area contributed by atoms with E-state index in [1.165, 1.54) is 14.2 Å². The van der Waals surface area contributed by atoms with Crippen molar-refractivity contribution in [2.24, 2.45) is 0 Å². The van der Waals surface area contributed by atoms with E-state index in [0.717, 1.165) is 5.56 Å². The van der Waals surface area contributed by atoms with Crippen molar-refractivity contribution in [2.75, 3.05) is 32.8 Å². The minimum Gasteiger partial charge on any atom is -0.493 e. The molecule has 0 unspecified atom stereocenters. The maximum atomic E-state index is 12.1. The van der Waals surface area contributed by atoms with Crippen molar-refractivity contribution in [3.63, 3.8) is 0 Å². The number of anilines is 1.